The fraction of sp³-hybridized carbons (Fsp3) is 0.471. The summed E-state index contributed by atoms with van der Waals surface area (Å²) < 4.78 is 0. The Morgan fingerprint density at radius 1 is 1.26 bits per heavy atom. The largest absolute Gasteiger partial charge is 0.481 e. The monoisotopic (exact) mass is 318 g/mol. The Balaban J connectivity index is 1.84. The molecule has 2 amide bonds. The molecule has 0 aliphatic heterocycles. The number of benzene rings is 1. The third-order valence-corrected chi connectivity index (χ3v) is 4.03. The van der Waals surface area contributed by atoms with Gasteiger partial charge in [0.25, 0.3) is 5.91 Å². The molecule has 0 bridgehead atoms. The third-order valence-electron chi connectivity index (χ3n) is 4.03. The lowest BCUT2D eigenvalue weighted by atomic mass is 10.1. The van der Waals surface area contributed by atoms with Crippen LogP contribution in [0.4, 0.5) is 5.69 Å². The van der Waals surface area contributed by atoms with Crippen molar-refractivity contribution in [3.05, 3.63) is 29.8 Å². The molecule has 3 unspecified atom stereocenters. The van der Waals surface area contributed by atoms with Crippen LogP contribution in [0.3, 0.4) is 0 Å². The molecule has 1 aliphatic rings. The lowest BCUT2D eigenvalue weighted by Gasteiger charge is -2.13. The van der Waals surface area contributed by atoms with E-state index in [0.717, 1.165) is 6.42 Å². The number of carbonyl (C=O) groups is 3. The summed E-state index contributed by atoms with van der Waals surface area (Å²) in [7, 11) is 0. The van der Waals surface area contributed by atoms with E-state index in [9.17, 15) is 14.4 Å². The van der Waals surface area contributed by atoms with E-state index in [1.54, 1.807) is 31.2 Å². The summed E-state index contributed by atoms with van der Waals surface area (Å²) in [5.74, 6) is -0.551. The summed E-state index contributed by atoms with van der Waals surface area (Å²) in [6.45, 7) is 3.81. The Morgan fingerprint density at radius 3 is 2.39 bits per heavy atom. The number of amides is 2. The number of hydrogen-bond donors (Lipinski definition) is 3. The average molecular weight is 318 g/mol. The van der Waals surface area contributed by atoms with Crippen molar-refractivity contribution in [2.24, 2.45) is 11.8 Å². The highest BCUT2D eigenvalue weighted by Crippen LogP contribution is 2.38. The summed E-state index contributed by atoms with van der Waals surface area (Å²) in [6.07, 6.45) is 1.33. The van der Waals surface area contributed by atoms with E-state index >= 15 is 0 Å². The van der Waals surface area contributed by atoms with Crippen molar-refractivity contribution in [3.8, 4) is 0 Å². The number of carbonyl (C=O) groups excluding carboxylic acids is 2. The Morgan fingerprint density at radius 2 is 1.87 bits per heavy atom. The molecule has 0 spiro atoms. The van der Waals surface area contributed by atoms with Gasteiger partial charge in [-0.3, -0.25) is 14.4 Å². The van der Waals surface area contributed by atoms with Crippen LogP contribution in [-0.2, 0) is 9.59 Å². The van der Waals surface area contributed by atoms with E-state index in [1.807, 2.05) is 6.92 Å². The summed E-state index contributed by atoms with van der Waals surface area (Å²) >= 11 is 0. The van der Waals surface area contributed by atoms with Gasteiger partial charge in [-0.1, -0.05) is 6.92 Å². The second-order valence-electron chi connectivity index (χ2n) is 6.19. The van der Waals surface area contributed by atoms with Gasteiger partial charge in [-0.2, -0.15) is 0 Å². The second-order valence-corrected chi connectivity index (χ2v) is 6.19. The number of anilines is 1. The van der Waals surface area contributed by atoms with Crippen molar-refractivity contribution >= 4 is 23.5 Å². The summed E-state index contributed by atoms with van der Waals surface area (Å²) in [4.78, 5) is 34.4. The molecule has 1 aliphatic carbocycles. The van der Waals surface area contributed by atoms with Crippen LogP contribution in [-0.4, -0.2) is 28.9 Å². The van der Waals surface area contributed by atoms with Gasteiger partial charge in [-0.15, -0.1) is 0 Å². The van der Waals surface area contributed by atoms with Gasteiger partial charge in [0.05, 0.1) is 0 Å². The SMILES string of the molecule is CC(CCC(=O)O)NC(=O)c1ccc(NC(=O)C2CC2C)cc1. The van der Waals surface area contributed by atoms with Gasteiger partial charge in [0, 0.05) is 29.6 Å². The van der Waals surface area contributed by atoms with Crippen LogP contribution >= 0.6 is 0 Å². The summed E-state index contributed by atoms with van der Waals surface area (Å²) in [6, 6.07) is 6.47. The fourth-order valence-electron chi connectivity index (χ4n) is 2.35. The van der Waals surface area contributed by atoms with Gasteiger partial charge in [0.1, 0.15) is 0 Å². The van der Waals surface area contributed by atoms with Gasteiger partial charge in [-0.25, -0.2) is 0 Å². The predicted octanol–water partition coefficient (Wildman–Crippen LogP) is 2.26. The molecular weight excluding hydrogens is 296 g/mol. The lowest BCUT2D eigenvalue weighted by Crippen LogP contribution is -2.32. The van der Waals surface area contributed by atoms with Gasteiger partial charge >= 0.3 is 5.97 Å². The molecule has 0 aromatic heterocycles. The highest BCUT2D eigenvalue weighted by Gasteiger charge is 2.39. The minimum Gasteiger partial charge on any atom is -0.481 e. The van der Waals surface area contributed by atoms with Crippen molar-refractivity contribution < 1.29 is 19.5 Å². The zero-order valence-corrected chi connectivity index (χ0v) is 13.3. The van der Waals surface area contributed by atoms with Crippen molar-refractivity contribution in [1.29, 1.82) is 0 Å². The first kappa shape index (κ1) is 17.0. The lowest BCUT2D eigenvalue weighted by molar-refractivity contribution is -0.137. The van der Waals surface area contributed by atoms with Crippen molar-refractivity contribution in [2.75, 3.05) is 5.32 Å². The van der Waals surface area contributed by atoms with Gasteiger partial charge in [0.2, 0.25) is 5.91 Å². The minimum atomic E-state index is -0.879. The summed E-state index contributed by atoms with van der Waals surface area (Å²) in [5.41, 5.74) is 1.15. The third kappa shape index (κ3) is 5.09. The normalized spacial score (nSPS) is 20.4. The molecule has 1 saturated carbocycles. The van der Waals surface area contributed by atoms with E-state index in [0.29, 0.717) is 23.6 Å². The Labute approximate surface area is 135 Å². The van der Waals surface area contributed by atoms with Crippen LogP contribution in [0, 0.1) is 11.8 Å². The molecule has 23 heavy (non-hydrogen) atoms. The topological polar surface area (TPSA) is 95.5 Å². The number of rotatable bonds is 7. The molecule has 0 saturated heterocycles. The molecule has 2 rings (SSSR count). The molecule has 124 valence electrons. The number of hydrogen-bond acceptors (Lipinski definition) is 3. The number of carboxylic acids is 1. The average Bonchev–Trinajstić information content (AvgIpc) is 3.23. The Hall–Kier alpha value is -2.37. The van der Waals surface area contributed by atoms with Crippen LogP contribution in [0.5, 0.6) is 0 Å². The number of nitrogens with one attached hydrogen (secondary N) is 2. The van der Waals surface area contributed by atoms with E-state index in [-0.39, 0.29) is 30.2 Å². The van der Waals surface area contributed by atoms with Crippen LogP contribution in [0.1, 0.15) is 43.5 Å². The zero-order valence-electron chi connectivity index (χ0n) is 13.3. The zero-order chi connectivity index (χ0) is 17.0. The first-order valence-corrected chi connectivity index (χ1v) is 7.80. The van der Waals surface area contributed by atoms with Crippen molar-refractivity contribution in [3.63, 3.8) is 0 Å². The van der Waals surface area contributed by atoms with Crippen LogP contribution in [0.2, 0.25) is 0 Å². The van der Waals surface area contributed by atoms with E-state index < -0.39 is 5.97 Å². The van der Waals surface area contributed by atoms with E-state index in [1.165, 1.54) is 0 Å². The standard InChI is InChI=1S/C17H22N2O4/c1-10-9-14(10)17(23)19-13-6-4-12(5-7-13)16(22)18-11(2)3-8-15(20)21/h4-7,10-11,14H,3,8-9H2,1-2H3,(H,18,22)(H,19,23)(H,20,21). The molecule has 3 N–H and O–H groups in total. The van der Waals surface area contributed by atoms with Crippen LogP contribution < -0.4 is 10.6 Å². The van der Waals surface area contributed by atoms with Crippen molar-refractivity contribution in [2.45, 2.75) is 39.2 Å². The molecule has 1 aromatic rings. The molecule has 0 radical (unpaired) electrons. The van der Waals surface area contributed by atoms with Crippen molar-refractivity contribution in [1.82, 2.24) is 5.32 Å². The minimum absolute atomic E-state index is 0.0198. The Bertz CT molecular complexity index is 597. The maximum atomic E-state index is 12.0. The second kappa shape index (κ2) is 7.26. The number of carboxylic acid groups (broad SMARTS) is 1. The maximum Gasteiger partial charge on any atom is 0.303 e. The maximum absolute atomic E-state index is 12.0. The number of aliphatic carboxylic acids is 1. The van der Waals surface area contributed by atoms with Crippen LogP contribution in [0.25, 0.3) is 0 Å². The summed E-state index contributed by atoms with van der Waals surface area (Å²) in [5, 5.41) is 14.2. The first-order chi connectivity index (χ1) is 10.9. The quantitative estimate of drug-likeness (QED) is 0.718. The molecular formula is C17H22N2O4. The fourth-order valence-corrected chi connectivity index (χ4v) is 2.35. The van der Waals surface area contributed by atoms with Gasteiger partial charge < -0.3 is 15.7 Å². The van der Waals surface area contributed by atoms with Gasteiger partial charge in [-0.05, 0) is 49.9 Å². The molecule has 6 nitrogen and oxygen atoms in total. The smallest absolute Gasteiger partial charge is 0.303 e. The molecule has 1 fully saturated rings. The highest BCUT2D eigenvalue weighted by atomic mass is 16.4. The molecule has 1 aromatic carbocycles. The highest BCUT2D eigenvalue weighted by molar-refractivity contribution is 5.97. The molecule has 3 atom stereocenters. The molecule has 0 heterocycles. The predicted molar refractivity (Wildman–Crippen MR) is 86.1 cm³/mol. The molecule has 6 heteroatoms. The van der Waals surface area contributed by atoms with Crippen LogP contribution in [0.15, 0.2) is 24.3 Å². The van der Waals surface area contributed by atoms with Gasteiger partial charge in [0.15, 0.2) is 0 Å². The Kier molecular flexibility index (Phi) is 5.36. The van der Waals surface area contributed by atoms with E-state index in [4.69, 9.17) is 5.11 Å². The van der Waals surface area contributed by atoms with E-state index in [2.05, 4.69) is 10.6 Å². The first-order valence-electron chi connectivity index (χ1n) is 7.80.